The zero-order chi connectivity index (χ0) is 20.1. The Kier molecular flexibility index (Phi) is 6.49. The molecule has 3 rings (SSSR count). The maximum absolute atomic E-state index is 13.8. The van der Waals surface area contributed by atoms with Crippen molar-refractivity contribution in [2.75, 3.05) is 11.1 Å². The van der Waals surface area contributed by atoms with Gasteiger partial charge in [0.05, 0.1) is 11.4 Å². The molecule has 0 aliphatic rings. The van der Waals surface area contributed by atoms with Crippen LogP contribution in [0.1, 0.15) is 5.56 Å². The highest BCUT2D eigenvalue weighted by molar-refractivity contribution is 7.99. The van der Waals surface area contributed by atoms with Crippen LogP contribution in [-0.4, -0.2) is 26.4 Å². The van der Waals surface area contributed by atoms with Crippen LogP contribution in [0.25, 0.3) is 11.4 Å². The molecule has 0 aliphatic heterocycles. The van der Waals surface area contributed by atoms with Crippen molar-refractivity contribution in [3.63, 3.8) is 0 Å². The Bertz CT molecular complexity index is 1020. The first-order valence-electron chi connectivity index (χ1n) is 8.46. The molecule has 0 atom stereocenters. The summed E-state index contributed by atoms with van der Waals surface area (Å²) in [4.78, 5) is 12.2. The fourth-order valence-electron chi connectivity index (χ4n) is 2.59. The van der Waals surface area contributed by atoms with Gasteiger partial charge in [0.2, 0.25) is 5.91 Å². The number of amides is 1. The van der Waals surface area contributed by atoms with E-state index in [0.29, 0.717) is 17.5 Å². The molecule has 0 aliphatic carbocycles. The minimum atomic E-state index is -0.581. The zero-order valence-corrected chi connectivity index (χ0v) is 16.7. The first-order chi connectivity index (χ1) is 13.5. The van der Waals surface area contributed by atoms with E-state index in [1.54, 1.807) is 6.08 Å². The van der Waals surface area contributed by atoms with Gasteiger partial charge in [0.15, 0.2) is 11.0 Å². The first-order valence-corrected chi connectivity index (χ1v) is 9.83. The van der Waals surface area contributed by atoms with Gasteiger partial charge in [-0.15, -0.1) is 16.8 Å². The van der Waals surface area contributed by atoms with Crippen molar-refractivity contribution in [1.82, 2.24) is 14.8 Å². The topological polar surface area (TPSA) is 59.8 Å². The third-order valence-corrected chi connectivity index (χ3v) is 5.04. The van der Waals surface area contributed by atoms with Gasteiger partial charge in [-0.25, -0.2) is 4.39 Å². The molecule has 3 aromatic rings. The van der Waals surface area contributed by atoms with Crippen LogP contribution in [0.5, 0.6) is 0 Å². The van der Waals surface area contributed by atoms with E-state index < -0.39 is 5.82 Å². The predicted octanol–water partition coefficient (Wildman–Crippen LogP) is 4.96. The van der Waals surface area contributed by atoms with Crippen LogP contribution in [0.4, 0.5) is 10.1 Å². The number of anilines is 1. The van der Waals surface area contributed by atoms with Crippen molar-refractivity contribution in [2.45, 2.75) is 18.6 Å². The molecule has 1 heterocycles. The van der Waals surface area contributed by atoms with E-state index >= 15 is 0 Å². The maximum atomic E-state index is 13.8. The van der Waals surface area contributed by atoms with Gasteiger partial charge in [-0.3, -0.25) is 9.36 Å². The number of rotatable bonds is 7. The largest absolute Gasteiger partial charge is 0.323 e. The van der Waals surface area contributed by atoms with E-state index in [4.69, 9.17) is 11.6 Å². The number of halogens is 2. The Morgan fingerprint density at radius 3 is 2.86 bits per heavy atom. The molecule has 0 saturated carbocycles. The highest BCUT2D eigenvalue weighted by atomic mass is 35.5. The van der Waals surface area contributed by atoms with Gasteiger partial charge in [-0.1, -0.05) is 53.2 Å². The van der Waals surface area contributed by atoms with Crippen molar-refractivity contribution < 1.29 is 9.18 Å². The molecule has 8 heteroatoms. The molecule has 28 heavy (non-hydrogen) atoms. The number of thioether (sulfide) groups is 1. The number of carbonyl (C=O) groups excluding carboxylic acids is 1. The molecule has 1 aromatic heterocycles. The molecule has 1 N–H and O–H groups in total. The van der Waals surface area contributed by atoms with Crippen molar-refractivity contribution in [3.8, 4) is 11.4 Å². The van der Waals surface area contributed by atoms with E-state index in [1.807, 2.05) is 35.8 Å². The molecule has 5 nitrogen and oxygen atoms in total. The van der Waals surface area contributed by atoms with Gasteiger partial charge in [-0.2, -0.15) is 0 Å². The number of hydrogen-bond acceptors (Lipinski definition) is 4. The maximum Gasteiger partial charge on any atom is 0.234 e. The monoisotopic (exact) mass is 416 g/mol. The molecular formula is C20H18ClFN4OS. The van der Waals surface area contributed by atoms with Crippen LogP contribution in [-0.2, 0) is 11.3 Å². The van der Waals surface area contributed by atoms with Crippen molar-refractivity contribution >= 4 is 35.0 Å². The van der Waals surface area contributed by atoms with E-state index in [1.165, 1.54) is 23.9 Å². The van der Waals surface area contributed by atoms with Crippen LogP contribution < -0.4 is 5.32 Å². The van der Waals surface area contributed by atoms with Crippen molar-refractivity contribution in [2.24, 2.45) is 0 Å². The molecular weight excluding hydrogens is 399 g/mol. The third kappa shape index (κ3) is 4.79. The van der Waals surface area contributed by atoms with Crippen LogP contribution in [0.2, 0.25) is 5.02 Å². The lowest BCUT2D eigenvalue weighted by atomic mass is 10.1. The molecule has 1 amide bonds. The van der Waals surface area contributed by atoms with Gasteiger partial charge >= 0.3 is 0 Å². The number of nitrogens with zero attached hydrogens (tertiary/aromatic N) is 3. The van der Waals surface area contributed by atoms with Gasteiger partial charge in [0.1, 0.15) is 5.82 Å². The first kappa shape index (κ1) is 20.1. The number of benzene rings is 2. The molecule has 144 valence electrons. The third-order valence-electron chi connectivity index (χ3n) is 3.84. The number of nitrogens with one attached hydrogen (secondary N) is 1. The Balaban J connectivity index is 1.73. The summed E-state index contributed by atoms with van der Waals surface area (Å²) in [6, 6.07) is 12.0. The summed E-state index contributed by atoms with van der Waals surface area (Å²) in [5.41, 5.74) is 2.14. The van der Waals surface area contributed by atoms with E-state index in [2.05, 4.69) is 22.1 Å². The second-order valence-corrected chi connectivity index (χ2v) is 7.41. The Hall–Kier alpha value is -2.64. The standard InChI is InChI=1S/C20H18ClFN4OS/c1-3-9-26-19(14-6-4-5-13(2)10-14)24-25-20(26)28-12-18(27)23-17-8-7-15(21)11-16(17)22/h3-8,10-11H,1,9,12H2,2H3,(H,23,27). The summed E-state index contributed by atoms with van der Waals surface area (Å²) in [5, 5.41) is 11.9. The second kappa shape index (κ2) is 9.03. The minimum absolute atomic E-state index is 0.0607. The quantitative estimate of drug-likeness (QED) is 0.436. The van der Waals surface area contributed by atoms with Crippen molar-refractivity contribution in [1.29, 1.82) is 0 Å². The lowest BCUT2D eigenvalue weighted by Gasteiger charge is -2.09. The predicted molar refractivity (Wildman–Crippen MR) is 111 cm³/mol. The van der Waals surface area contributed by atoms with Crippen LogP contribution in [0, 0.1) is 12.7 Å². The fourth-order valence-corrected chi connectivity index (χ4v) is 3.50. The normalized spacial score (nSPS) is 10.7. The van der Waals surface area contributed by atoms with Crippen molar-refractivity contribution in [3.05, 3.63) is 71.5 Å². The SMILES string of the molecule is C=CCn1c(SCC(=O)Nc2ccc(Cl)cc2F)nnc1-c1cccc(C)c1. The average molecular weight is 417 g/mol. The number of aryl methyl sites for hydroxylation is 1. The summed E-state index contributed by atoms with van der Waals surface area (Å²) in [6.07, 6.45) is 1.75. The van der Waals surface area contributed by atoms with Crippen LogP contribution >= 0.6 is 23.4 Å². The lowest BCUT2D eigenvalue weighted by molar-refractivity contribution is -0.113. The Morgan fingerprint density at radius 1 is 1.32 bits per heavy atom. The molecule has 0 bridgehead atoms. The molecule has 0 radical (unpaired) electrons. The van der Waals surface area contributed by atoms with E-state index in [0.717, 1.165) is 17.2 Å². The van der Waals surface area contributed by atoms with Crippen LogP contribution in [0.15, 0.2) is 60.3 Å². The molecule has 0 unspecified atom stereocenters. The summed E-state index contributed by atoms with van der Waals surface area (Å²) in [7, 11) is 0. The Morgan fingerprint density at radius 2 is 2.14 bits per heavy atom. The number of hydrogen-bond donors (Lipinski definition) is 1. The zero-order valence-electron chi connectivity index (χ0n) is 15.2. The van der Waals surface area contributed by atoms with Gasteiger partial charge in [0, 0.05) is 17.1 Å². The molecule has 0 saturated heterocycles. The van der Waals surface area contributed by atoms with E-state index in [9.17, 15) is 9.18 Å². The highest BCUT2D eigenvalue weighted by Gasteiger charge is 2.15. The summed E-state index contributed by atoms with van der Waals surface area (Å²) in [5.74, 6) is -0.167. The molecule has 0 fully saturated rings. The lowest BCUT2D eigenvalue weighted by Crippen LogP contribution is -2.15. The summed E-state index contributed by atoms with van der Waals surface area (Å²) < 4.78 is 15.7. The second-order valence-electron chi connectivity index (χ2n) is 6.04. The number of aromatic nitrogens is 3. The highest BCUT2D eigenvalue weighted by Crippen LogP contribution is 2.25. The van der Waals surface area contributed by atoms with Gasteiger partial charge in [0.25, 0.3) is 0 Å². The average Bonchev–Trinajstić information content (AvgIpc) is 3.05. The molecule has 0 spiro atoms. The summed E-state index contributed by atoms with van der Waals surface area (Å²) >= 11 is 6.95. The number of carbonyl (C=O) groups is 1. The van der Waals surface area contributed by atoms with Crippen LogP contribution in [0.3, 0.4) is 0 Å². The minimum Gasteiger partial charge on any atom is -0.323 e. The smallest absolute Gasteiger partial charge is 0.234 e. The Labute approximate surface area is 171 Å². The fraction of sp³-hybridized carbons (Fsp3) is 0.150. The van der Waals surface area contributed by atoms with Gasteiger partial charge < -0.3 is 5.32 Å². The van der Waals surface area contributed by atoms with Gasteiger partial charge in [-0.05, 0) is 31.2 Å². The molecule has 2 aromatic carbocycles. The van der Waals surface area contributed by atoms with E-state index in [-0.39, 0.29) is 22.4 Å². The number of allylic oxidation sites excluding steroid dienone is 1. The summed E-state index contributed by atoms with van der Waals surface area (Å²) in [6.45, 7) is 6.29.